The first-order chi connectivity index (χ1) is 4.33. The molecule has 0 fully saturated rings. The molecule has 1 heterocycles. The fourth-order valence-corrected chi connectivity index (χ4v) is 0.784. The highest BCUT2D eigenvalue weighted by Gasteiger charge is 2.12. The second-order valence-corrected chi connectivity index (χ2v) is 2.03. The van der Waals surface area contributed by atoms with Crippen LogP contribution in [0.3, 0.4) is 0 Å². The van der Waals surface area contributed by atoms with Crippen molar-refractivity contribution in [3.63, 3.8) is 0 Å². The molecule has 0 aromatic heterocycles. The second-order valence-electron chi connectivity index (χ2n) is 2.03. The van der Waals surface area contributed by atoms with Crippen molar-refractivity contribution in [2.75, 3.05) is 6.54 Å². The van der Waals surface area contributed by atoms with Crippen LogP contribution in [0.1, 0.15) is 6.42 Å². The van der Waals surface area contributed by atoms with Crippen LogP contribution < -0.4 is 5.73 Å². The van der Waals surface area contributed by atoms with Crippen LogP contribution in [0.2, 0.25) is 0 Å². The molecule has 0 saturated carbocycles. The Hall–Kier alpha value is -0.380. The molecule has 0 aromatic rings. The molecule has 0 bridgehead atoms. The van der Waals surface area contributed by atoms with Crippen molar-refractivity contribution in [1.29, 1.82) is 0 Å². The van der Waals surface area contributed by atoms with Gasteiger partial charge in [0, 0.05) is 13.0 Å². The first-order valence-corrected chi connectivity index (χ1v) is 3.03. The molecule has 0 radical (unpaired) electrons. The van der Waals surface area contributed by atoms with Crippen LogP contribution in [0, 0.1) is 0 Å². The van der Waals surface area contributed by atoms with E-state index in [0.717, 1.165) is 0 Å². The molecular formula is C6H11NO2. The van der Waals surface area contributed by atoms with E-state index in [2.05, 4.69) is 0 Å². The molecule has 9 heavy (non-hydrogen) atoms. The molecule has 2 atom stereocenters. The first kappa shape index (κ1) is 6.74. The van der Waals surface area contributed by atoms with Gasteiger partial charge in [-0.25, -0.2) is 0 Å². The molecule has 3 heteroatoms. The zero-order valence-electron chi connectivity index (χ0n) is 5.16. The first-order valence-electron chi connectivity index (χ1n) is 3.03. The van der Waals surface area contributed by atoms with Gasteiger partial charge in [-0.05, 0) is 0 Å². The van der Waals surface area contributed by atoms with Gasteiger partial charge in [-0.15, -0.1) is 0 Å². The van der Waals surface area contributed by atoms with Gasteiger partial charge in [0.05, 0.1) is 6.10 Å². The van der Waals surface area contributed by atoms with Gasteiger partial charge in [-0.2, -0.15) is 0 Å². The summed E-state index contributed by atoms with van der Waals surface area (Å²) in [7, 11) is 0. The Morgan fingerprint density at radius 2 is 2.56 bits per heavy atom. The van der Waals surface area contributed by atoms with E-state index in [4.69, 9.17) is 15.6 Å². The second kappa shape index (κ2) is 2.96. The number of ether oxygens (including phenoxy) is 1. The van der Waals surface area contributed by atoms with Gasteiger partial charge in [-0.1, -0.05) is 12.2 Å². The maximum Gasteiger partial charge on any atom is 0.158 e. The average Bonchev–Trinajstić information content (AvgIpc) is 1.88. The molecular weight excluding hydrogens is 118 g/mol. The molecule has 52 valence electrons. The van der Waals surface area contributed by atoms with Crippen molar-refractivity contribution in [2.45, 2.75) is 18.8 Å². The van der Waals surface area contributed by atoms with Gasteiger partial charge < -0.3 is 15.6 Å². The summed E-state index contributed by atoms with van der Waals surface area (Å²) >= 11 is 0. The smallest absolute Gasteiger partial charge is 0.158 e. The lowest BCUT2D eigenvalue weighted by Gasteiger charge is -2.20. The van der Waals surface area contributed by atoms with E-state index < -0.39 is 6.29 Å². The lowest BCUT2D eigenvalue weighted by molar-refractivity contribution is -0.122. The highest BCUT2D eigenvalue weighted by molar-refractivity contribution is 4.94. The summed E-state index contributed by atoms with van der Waals surface area (Å²) in [4.78, 5) is 0. The van der Waals surface area contributed by atoms with E-state index in [9.17, 15) is 0 Å². The van der Waals surface area contributed by atoms with Crippen molar-refractivity contribution < 1.29 is 9.84 Å². The summed E-state index contributed by atoms with van der Waals surface area (Å²) in [6.07, 6.45) is 3.59. The van der Waals surface area contributed by atoms with Crippen molar-refractivity contribution in [1.82, 2.24) is 0 Å². The van der Waals surface area contributed by atoms with Gasteiger partial charge in [0.2, 0.25) is 0 Å². The van der Waals surface area contributed by atoms with Gasteiger partial charge in [-0.3, -0.25) is 0 Å². The third-order valence-corrected chi connectivity index (χ3v) is 1.25. The van der Waals surface area contributed by atoms with Crippen LogP contribution in [-0.2, 0) is 4.74 Å². The lowest BCUT2D eigenvalue weighted by atomic mass is 10.2. The third-order valence-electron chi connectivity index (χ3n) is 1.25. The Morgan fingerprint density at radius 1 is 1.78 bits per heavy atom. The summed E-state index contributed by atoms with van der Waals surface area (Å²) < 4.78 is 4.98. The minimum Gasteiger partial charge on any atom is -0.368 e. The number of rotatable bonds is 1. The van der Waals surface area contributed by atoms with Crippen LogP contribution in [0.25, 0.3) is 0 Å². The molecule has 0 amide bonds. The van der Waals surface area contributed by atoms with E-state index in [1.54, 1.807) is 0 Å². The highest BCUT2D eigenvalue weighted by Crippen LogP contribution is 2.07. The van der Waals surface area contributed by atoms with E-state index in [1.165, 1.54) is 0 Å². The van der Waals surface area contributed by atoms with Crippen LogP contribution >= 0.6 is 0 Å². The molecule has 0 aliphatic carbocycles. The van der Waals surface area contributed by atoms with E-state index >= 15 is 0 Å². The predicted octanol–water partition coefficient (Wildman–Crippen LogP) is -0.391. The lowest BCUT2D eigenvalue weighted by Crippen LogP contribution is -2.29. The third kappa shape index (κ3) is 1.78. The van der Waals surface area contributed by atoms with Crippen molar-refractivity contribution in [2.24, 2.45) is 5.73 Å². The summed E-state index contributed by atoms with van der Waals surface area (Å²) in [6.45, 7) is 0.438. The molecule has 1 aliphatic heterocycles. The molecule has 1 aliphatic rings. The van der Waals surface area contributed by atoms with E-state index in [0.29, 0.717) is 13.0 Å². The molecule has 3 nitrogen and oxygen atoms in total. The Kier molecular flexibility index (Phi) is 2.22. The monoisotopic (exact) mass is 129 g/mol. The summed E-state index contributed by atoms with van der Waals surface area (Å²) in [5, 5.41) is 8.88. The minimum atomic E-state index is -0.649. The van der Waals surface area contributed by atoms with Gasteiger partial charge in [0.15, 0.2) is 6.29 Å². The van der Waals surface area contributed by atoms with Gasteiger partial charge in [0.1, 0.15) is 0 Å². The zero-order chi connectivity index (χ0) is 6.69. The van der Waals surface area contributed by atoms with Gasteiger partial charge in [0.25, 0.3) is 0 Å². The maximum absolute atomic E-state index is 8.88. The molecule has 0 saturated heterocycles. The van der Waals surface area contributed by atoms with Crippen molar-refractivity contribution in [3.05, 3.63) is 12.2 Å². The SMILES string of the molecule is NCC1C=CC[C@@H](O)O1. The molecule has 0 spiro atoms. The van der Waals surface area contributed by atoms with Crippen molar-refractivity contribution in [3.8, 4) is 0 Å². The van der Waals surface area contributed by atoms with E-state index in [-0.39, 0.29) is 6.10 Å². The number of aliphatic hydroxyl groups excluding tert-OH is 1. The Balaban J connectivity index is 2.39. The number of hydrogen-bond donors (Lipinski definition) is 2. The van der Waals surface area contributed by atoms with Gasteiger partial charge >= 0.3 is 0 Å². The topological polar surface area (TPSA) is 55.5 Å². The van der Waals surface area contributed by atoms with Crippen LogP contribution in [0.5, 0.6) is 0 Å². The predicted molar refractivity (Wildman–Crippen MR) is 33.7 cm³/mol. The minimum absolute atomic E-state index is 0.0891. The standard InChI is InChI=1S/C6H11NO2/c7-4-5-2-1-3-6(8)9-5/h1-2,5-6,8H,3-4,7H2/t5?,6-/m0/s1. The normalized spacial score (nSPS) is 34.9. The summed E-state index contributed by atoms with van der Waals surface area (Å²) in [5.74, 6) is 0. The summed E-state index contributed by atoms with van der Waals surface area (Å²) in [5.41, 5.74) is 5.28. The van der Waals surface area contributed by atoms with E-state index in [1.807, 2.05) is 12.2 Å². The quantitative estimate of drug-likeness (QED) is 0.474. The molecule has 1 unspecified atom stereocenters. The molecule has 0 aromatic carbocycles. The Bertz CT molecular complexity index is 114. The number of nitrogens with two attached hydrogens (primary N) is 1. The number of aliphatic hydroxyl groups is 1. The maximum atomic E-state index is 8.88. The van der Waals surface area contributed by atoms with Crippen LogP contribution in [-0.4, -0.2) is 24.0 Å². The van der Waals surface area contributed by atoms with Crippen molar-refractivity contribution >= 4 is 0 Å². The molecule has 3 N–H and O–H groups in total. The average molecular weight is 129 g/mol. The highest BCUT2D eigenvalue weighted by atomic mass is 16.6. The fourth-order valence-electron chi connectivity index (χ4n) is 0.784. The Labute approximate surface area is 54.1 Å². The largest absolute Gasteiger partial charge is 0.368 e. The van der Waals surface area contributed by atoms with Crippen LogP contribution in [0.4, 0.5) is 0 Å². The summed E-state index contributed by atoms with van der Waals surface area (Å²) in [6, 6.07) is 0. The fraction of sp³-hybridized carbons (Fsp3) is 0.667. The molecule has 1 rings (SSSR count). The number of hydrogen-bond acceptors (Lipinski definition) is 3. The van der Waals surface area contributed by atoms with Crippen LogP contribution in [0.15, 0.2) is 12.2 Å². The Morgan fingerprint density at radius 3 is 3.00 bits per heavy atom. The zero-order valence-corrected chi connectivity index (χ0v) is 5.16.